The molecule has 1 unspecified atom stereocenters. The van der Waals surface area contributed by atoms with Crippen molar-refractivity contribution in [3.8, 4) is 5.75 Å². The Bertz CT molecular complexity index is 622. The van der Waals surface area contributed by atoms with Crippen LogP contribution in [0.3, 0.4) is 0 Å². The number of benzene rings is 1. The van der Waals surface area contributed by atoms with Crippen LogP contribution in [0.4, 0.5) is 5.69 Å². The Labute approximate surface area is 119 Å². The zero-order chi connectivity index (χ0) is 14.1. The van der Waals surface area contributed by atoms with Crippen molar-refractivity contribution in [2.75, 3.05) is 24.6 Å². The van der Waals surface area contributed by atoms with Crippen molar-refractivity contribution < 1.29 is 9.84 Å². The Morgan fingerprint density at radius 3 is 3.05 bits per heavy atom. The number of rotatable bonds is 3. The van der Waals surface area contributed by atoms with E-state index in [2.05, 4.69) is 16.0 Å². The largest absolute Gasteiger partial charge is 0.508 e. The molecule has 0 spiro atoms. The predicted molar refractivity (Wildman–Crippen MR) is 80.4 cm³/mol. The lowest BCUT2D eigenvalue weighted by molar-refractivity contribution is 0.0788. The molecule has 1 atom stereocenters. The van der Waals surface area contributed by atoms with Crippen molar-refractivity contribution in [2.45, 2.75) is 26.4 Å². The number of pyridine rings is 1. The highest BCUT2D eigenvalue weighted by molar-refractivity contribution is 5.92. The topological polar surface area (TPSA) is 45.6 Å². The SMILES string of the molecule is CCOC1CCN(c2cc(C)nc3cc(O)ccc23)C1. The van der Waals surface area contributed by atoms with E-state index in [4.69, 9.17) is 4.74 Å². The first-order chi connectivity index (χ1) is 9.67. The van der Waals surface area contributed by atoms with Gasteiger partial charge in [-0.15, -0.1) is 0 Å². The number of phenols is 1. The number of anilines is 1. The van der Waals surface area contributed by atoms with Crippen LogP contribution in [0.1, 0.15) is 19.0 Å². The average Bonchev–Trinajstić information content (AvgIpc) is 2.86. The van der Waals surface area contributed by atoms with E-state index in [0.717, 1.165) is 42.7 Å². The van der Waals surface area contributed by atoms with E-state index < -0.39 is 0 Å². The molecule has 20 heavy (non-hydrogen) atoms. The van der Waals surface area contributed by atoms with Crippen LogP contribution in [0.2, 0.25) is 0 Å². The Morgan fingerprint density at radius 2 is 2.25 bits per heavy atom. The molecular formula is C16H20N2O2. The van der Waals surface area contributed by atoms with E-state index in [1.165, 1.54) is 5.69 Å². The molecule has 0 saturated carbocycles. The number of phenolic OH excluding ortho intramolecular Hbond substituents is 1. The van der Waals surface area contributed by atoms with Crippen molar-refractivity contribution in [2.24, 2.45) is 0 Å². The van der Waals surface area contributed by atoms with Gasteiger partial charge in [-0.3, -0.25) is 4.98 Å². The summed E-state index contributed by atoms with van der Waals surface area (Å²) in [6.45, 7) is 6.72. The molecule has 4 nitrogen and oxygen atoms in total. The molecule has 4 heteroatoms. The van der Waals surface area contributed by atoms with Gasteiger partial charge in [-0.2, -0.15) is 0 Å². The quantitative estimate of drug-likeness (QED) is 0.933. The number of ether oxygens (including phenoxy) is 1. The first kappa shape index (κ1) is 13.2. The van der Waals surface area contributed by atoms with Crippen molar-refractivity contribution in [3.63, 3.8) is 0 Å². The van der Waals surface area contributed by atoms with Crippen LogP contribution >= 0.6 is 0 Å². The molecule has 0 amide bonds. The van der Waals surface area contributed by atoms with Gasteiger partial charge in [0.05, 0.1) is 11.6 Å². The van der Waals surface area contributed by atoms with Gasteiger partial charge in [-0.1, -0.05) is 0 Å². The fourth-order valence-electron chi connectivity index (χ4n) is 2.91. The number of fused-ring (bicyclic) bond motifs is 1. The predicted octanol–water partition coefficient (Wildman–Crippen LogP) is 2.86. The Balaban J connectivity index is 1.99. The third-order valence-electron chi connectivity index (χ3n) is 3.79. The van der Waals surface area contributed by atoms with Crippen LogP contribution in [0.5, 0.6) is 5.75 Å². The van der Waals surface area contributed by atoms with E-state index in [9.17, 15) is 5.11 Å². The molecule has 1 N–H and O–H groups in total. The van der Waals surface area contributed by atoms with Gasteiger partial charge >= 0.3 is 0 Å². The van der Waals surface area contributed by atoms with E-state index in [1.54, 1.807) is 12.1 Å². The van der Waals surface area contributed by atoms with Crippen LogP contribution in [0.15, 0.2) is 24.3 Å². The van der Waals surface area contributed by atoms with Gasteiger partial charge in [0.2, 0.25) is 0 Å². The first-order valence-corrected chi connectivity index (χ1v) is 7.14. The second kappa shape index (κ2) is 5.29. The lowest BCUT2D eigenvalue weighted by Gasteiger charge is -2.21. The summed E-state index contributed by atoms with van der Waals surface area (Å²) in [6, 6.07) is 7.51. The maximum Gasteiger partial charge on any atom is 0.117 e. The van der Waals surface area contributed by atoms with Crippen LogP contribution in [-0.2, 0) is 4.74 Å². The highest BCUT2D eigenvalue weighted by atomic mass is 16.5. The maximum atomic E-state index is 9.62. The molecule has 1 fully saturated rings. The number of aromatic nitrogens is 1. The molecule has 1 aromatic heterocycles. The minimum atomic E-state index is 0.259. The van der Waals surface area contributed by atoms with Gasteiger partial charge in [0, 0.05) is 42.5 Å². The summed E-state index contributed by atoms with van der Waals surface area (Å²) in [5, 5.41) is 10.7. The number of nitrogens with zero attached hydrogens (tertiary/aromatic N) is 2. The summed E-state index contributed by atoms with van der Waals surface area (Å²) in [6.07, 6.45) is 1.38. The molecule has 1 saturated heterocycles. The normalized spacial score (nSPS) is 18.9. The van der Waals surface area contributed by atoms with Gasteiger partial charge in [0.15, 0.2) is 0 Å². The van der Waals surface area contributed by atoms with Gasteiger partial charge < -0.3 is 14.7 Å². The van der Waals surface area contributed by atoms with Gasteiger partial charge in [-0.05, 0) is 38.5 Å². The monoisotopic (exact) mass is 272 g/mol. The van der Waals surface area contributed by atoms with Crippen molar-refractivity contribution in [1.29, 1.82) is 0 Å². The first-order valence-electron chi connectivity index (χ1n) is 7.14. The minimum absolute atomic E-state index is 0.259. The van der Waals surface area contributed by atoms with E-state index in [1.807, 2.05) is 19.9 Å². The van der Waals surface area contributed by atoms with Crippen LogP contribution < -0.4 is 4.90 Å². The van der Waals surface area contributed by atoms with Crippen LogP contribution in [-0.4, -0.2) is 35.9 Å². The summed E-state index contributed by atoms with van der Waals surface area (Å²) in [7, 11) is 0. The lowest BCUT2D eigenvalue weighted by Crippen LogP contribution is -2.23. The molecule has 106 valence electrons. The van der Waals surface area contributed by atoms with Crippen LogP contribution in [0.25, 0.3) is 10.9 Å². The molecule has 3 rings (SSSR count). The molecule has 0 radical (unpaired) electrons. The minimum Gasteiger partial charge on any atom is -0.508 e. The van der Waals surface area contributed by atoms with Crippen LogP contribution in [0, 0.1) is 6.92 Å². The molecule has 0 bridgehead atoms. The highest BCUT2D eigenvalue weighted by Gasteiger charge is 2.24. The summed E-state index contributed by atoms with van der Waals surface area (Å²) >= 11 is 0. The number of aromatic hydroxyl groups is 1. The molecule has 2 aromatic rings. The zero-order valence-electron chi connectivity index (χ0n) is 12.0. The van der Waals surface area contributed by atoms with Crippen molar-refractivity contribution in [3.05, 3.63) is 30.0 Å². The second-order valence-corrected chi connectivity index (χ2v) is 5.30. The van der Waals surface area contributed by atoms with E-state index >= 15 is 0 Å². The highest BCUT2D eigenvalue weighted by Crippen LogP contribution is 2.31. The number of hydrogen-bond acceptors (Lipinski definition) is 4. The fraction of sp³-hybridized carbons (Fsp3) is 0.438. The van der Waals surface area contributed by atoms with E-state index in [0.29, 0.717) is 6.10 Å². The molecule has 1 aliphatic heterocycles. The summed E-state index contributed by atoms with van der Waals surface area (Å²) < 4.78 is 5.72. The third-order valence-corrected chi connectivity index (χ3v) is 3.79. The molecule has 2 heterocycles. The summed E-state index contributed by atoms with van der Waals surface area (Å²) in [4.78, 5) is 6.86. The lowest BCUT2D eigenvalue weighted by atomic mass is 10.1. The molecule has 0 aliphatic carbocycles. The summed E-state index contributed by atoms with van der Waals surface area (Å²) in [5.41, 5.74) is 3.01. The number of hydrogen-bond donors (Lipinski definition) is 1. The zero-order valence-corrected chi connectivity index (χ0v) is 12.0. The Kier molecular flexibility index (Phi) is 3.49. The Morgan fingerprint density at radius 1 is 1.40 bits per heavy atom. The van der Waals surface area contributed by atoms with Gasteiger partial charge in [0.25, 0.3) is 0 Å². The Hall–Kier alpha value is -1.81. The average molecular weight is 272 g/mol. The standard InChI is InChI=1S/C16H20N2O2/c1-3-20-13-6-7-18(10-13)16-8-11(2)17-15-9-12(19)4-5-14(15)16/h4-5,8-9,13,19H,3,6-7,10H2,1-2H3. The smallest absolute Gasteiger partial charge is 0.117 e. The maximum absolute atomic E-state index is 9.62. The van der Waals surface area contributed by atoms with Gasteiger partial charge in [-0.25, -0.2) is 0 Å². The second-order valence-electron chi connectivity index (χ2n) is 5.30. The van der Waals surface area contributed by atoms with Gasteiger partial charge in [0.1, 0.15) is 5.75 Å². The number of aryl methyl sites for hydroxylation is 1. The van der Waals surface area contributed by atoms with Crippen molar-refractivity contribution in [1.82, 2.24) is 4.98 Å². The molecular weight excluding hydrogens is 252 g/mol. The van der Waals surface area contributed by atoms with Crippen molar-refractivity contribution >= 4 is 16.6 Å². The fourth-order valence-corrected chi connectivity index (χ4v) is 2.91. The third kappa shape index (κ3) is 2.43. The molecule has 1 aromatic carbocycles. The summed E-state index contributed by atoms with van der Waals surface area (Å²) in [5.74, 6) is 0.259. The molecule has 1 aliphatic rings. The van der Waals surface area contributed by atoms with E-state index in [-0.39, 0.29) is 5.75 Å².